The number of methoxy groups -OCH3 is 2. The van der Waals surface area contributed by atoms with Crippen molar-refractivity contribution >= 4 is 27.5 Å². The number of ether oxygens (including phenoxy) is 2. The van der Waals surface area contributed by atoms with Crippen LogP contribution in [-0.2, 0) is 32.6 Å². The Bertz CT molecular complexity index is 1810. The number of benzene rings is 4. The Hall–Kier alpha value is -4.83. The highest BCUT2D eigenvalue weighted by Crippen LogP contribution is 2.33. The van der Waals surface area contributed by atoms with E-state index in [-0.39, 0.29) is 35.5 Å². The summed E-state index contributed by atoms with van der Waals surface area (Å²) in [5, 5.41) is 3.24. The first-order chi connectivity index (χ1) is 23.7. The number of aryl methyl sites for hydroxylation is 1. The maximum atomic E-state index is 14.8. The summed E-state index contributed by atoms with van der Waals surface area (Å²) in [6, 6.07) is 29.2. The first-order valence-electron chi connectivity index (χ1n) is 16.7. The van der Waals surface area contributed by atoms with Crippen LogP contribution in [0.25, 0.3) is 0 Å². The molecule has 1 atom stereocenters. The lowest BCUT2D eigenvalue weighted by Crippen LogP contribution is -2.55. The van der Waals surface area contributed by atoms with Crippen molar-refractivity contribution in [1.29, 1.82) is 0 Å². The summed E-state index contributed by atoms with van der Waals surface area (Å²) >= 11 is 0. The van der Waals surface area contributed by atoms with Crippen molar-refractivity contribution < 1.29 is 27.5 Å². The van der Waals surface area contributed by atoms with E-state index in [4.69, 9.17) is 9.47 Å². The van der Waals surface area contributed by atoms with Gasteiger partial charge in [0.2, 0.25) is 11.8 Å². The molecule has 0 saturated heterocycles. The molecule has 0 aromatic heterocycles. The van der Waals surface area contributed by atoms with Gasteiger partial charge in [-0.25, -0.2) is 8.42 Å². The van der Waals surface area contributed by atoms with Gasteiger partial charge in [-0.1, -0.05) is 91.6 Å². The van der Waals surface area contributed by atoms with Crippen LogP contribution in [0.5, 0.6) is 11.5 Å². The molecule has 1 saturated carbocycles. The van der Waals surface area contributed by atoms with Gasteiger partial charge in [0.05, 0.1) is 24.8 Å². The summed E-state index contributed by atoms with van der Waals surface area (Å²) in [5.41, 5.74) is 2.73. The molecule has 49 heavy (non-hydrogen) atoms. The summed E-state index contributed by atoms with van der Waals surface area (Å²) in [6.45, 7) is 1.36. The van der Waals surface area contributed by atoms with Gasteiger partial charge in [-0.2, -0.15) is 0 Å². The Kier molecular flexibility index (Phi) is 12.0. The molecule has 0 radical (unpaired) electrons. The SMILES string of the molecule is COc1cccc(CN(C(=O)CN(c2ccccc2OC)S(=O)(=O)c2ccc(C)cc2)[C@H](Cc2ccccc2)C(=O)NC2CCCCC2)c1. The highest BCUT2D eigenvalue weighted by molar-refractivity contribution is 7.92. The lowest BCUT2D eigenvalue weighted by atomic mass is 9.94. The Morgan fingerprint density at radius 3 is 2.18 bits per heavy atom. The maximum Gasteiger partial charge on any atom is 0.264 e. The van der Waals surface area contributed by atoms with Gasteiger partial charge in [0.25, 0.3) is 10.0 Å². The second-order valence-electron chi connectivity index (χ2n) is 12.4. The fourth-order valence-corrected chi connectivity index (χ4v) is 7.68. The van der Waals surface area contributed by atoms with Gasteiger partial charge in [-0.05, 0) is 67.3 Å². The molecule has 258 valence electrons. The van der Waals surface area contributed by atoms with Gasteiger partial charge in [0.15, 0.2) is 0 Å². The molecule has 0 unspecified atom stereocenters. The first kappa shape index (κ1) is 35.5. The highest BCUT2D eigenvalue weighted by Gasteiger charge is 2.36. The van der Waals surface area contributed by atoms with E-state index in [1.165, 1.54) is 24.1 Å². The van der Waals surface area contributed by atoms with Gasteiger partial charge < -0.3 is 19.7 Å². The predicted molar refractivity (Wildman–Crippen MR) is 191 cm³/mol. The number of carbonyl (C=O) groups excluding carboxylic acids is 2. The van der Waals surface area contributed by atoms with Crippen molar-refractivity contribution in [3.8, 4) is 11.5 Å². The zero-order chi connectivity index (χ0) is 34.8. The van der Waals surface area contributed by atoms with E-state index >= 15 is 0 Å². The third-order valence-corrected chi connectivity index (χ3v) is 10.7. The normalized spacial score (nSPS) is 14.0. The number of amides is 2. The predicted octanol–water partition coefficient (Wildman–Crippen LogP) is 6.30. The van der Waals surface area contributed by atoms with Gasteiger partial charge in [0.1, 0.15) is 24.1 Å². The zero-order valence-corrected chi connectivity index (χ0v) is 29.2. The standard InChI is InChI=1S/C39H45N3O6S/c1-29-21-23-34(24-22-29)49(45,46)42(35-19-10-11-20-37(35)48-3)28-38(43)41(27-31-15-12-18-33(25-31)47-2)36(26-30-13-6-4-7-14-30)39(44)40-32-16-8-5-9-17-32/h4,6-7,10-15,18-25,32,36H,5,8-9,16-17,26-28H2,1-3H3,(H,40,44)/t36-/m1/s1. The van der Waals surface area contributed by atoms with E-state index in [2.05, 4.69) is 5.32 Å². The number of hydrogen-bond acceptors (Lipinski definition) is 6. The number of carbonyl (C=O) groups is 2. The third-order valence-electron chi connectivity index (χ3n) is 8.95. The molecule has 0 heterocycles. The van der Waals surface area contributed by atoms with Crippen LogP contribution in [0.3, 0.4) is 0 Å². The van der Waals surface area contributed by atoms with Crippen molar-refractivity contribution in [3.05, 3.63) is 120 Å². The molecule has 0 bridgehead atoms. The lowest BCUT2D eigenvalue weighted by Gasteiger charge is -2.35. The van der Waals surface area contributed by atoms with Crippen LogP contribution < -0.4 is 19.1 Å². The molecule has 1 aliphatic rings. The van der Waals surface area contributed by atoms with Crippen molar-refractivity contribution in [2.45, 2.75) is 69.0 Å². The Labute approximate surface area is 289 Å². The Morgan fingerprint density at radius 1 is 0.816 bits per heavy atom. The summed E-state index contributed by atoms with van der Waals surface area (Å²) < 4.78 is 40.9. The monoisotopic (exact) mass is 683 g/mol. The molecular weight excluding hydrogens is 639 g/mol. The molecule has 9 nitrogen and oxygen atoms in total. The van der Waals surface area contributed by atoms with Crippen LogP contribution in [0, 0.1) is 6.92 Å². The van der Waals surface area contributed by atoms with E-state index in [1.807, 2.05) is 61.5 Å². The Balaban J connectivity index is 1.59. The van der Waals surface area contributed by atoms with Crippen molar-refractivity contribution in [2.24, 2.45) is 0 Å². The fourth-order valence-electron chi connectivity index (χ4n) is 6.25. The van der Waals surface area contributed by atoms with Gasteiger partial charge in [-0.15, -0.1) is 0 Å². The molecule has 1 fully saturated rings. The molecule has 2 amide bonds. The number of sulfonamides is 1. The fraction of sp³-hybridized carbons (Fsp3) is 0.333. The molecule has 1 N–H and O–H groups in total. The first-order valence-corrected chi connectivity index (χ1v) is 18.1. The quantitative estimate of drug-likeness (QED) is 0.167. The minimum absolute atomic E-state index is 0.0142. The van der Waals surface area contributed by atoms with E-state index in [9.17, 15) is 18.0 Å². The van der Waals surface area contributed by atoms with Crippen molar-refractivity contribution in [1.82, 2.24) is 10.2 Å². The summed E-state index contributed by atoms with van der Waals surface area (Å²) in [4.78, 5) is 30.7. The van der Waals surface area contributed by atoms with Crippen LogP contribution >= 0.6 is 0 Å². The summed E-state index contributed by atoms with van der Waals surface area (Å²) in [6.07, 6.45) is 5.20. The number of rotatable bonds is 14. The highest BCUT2D eigenvalue weighted by atomic mass is 32.2. The van der Waals surface area contributed by atoms with E-state index in [1.54, 1.807) is 43.5 Å². The second-order valence-corrected chi connectivity index (χ2v) is 14.3. The van der Waals surface area contributed by atoms with E-state index < -0.39 is 28.5 Å². The molecule has 0 aliphatic heterocycles. The van der Waals surface area contributed by atoms with Gasteiger partial charge in [-0.3, -0.25) is 13.9 Å². The summed E-state index contributed by atoms with van der Waals surface area (Å²) in [7, 11) is -1.23. The number of para-hydroxylation sites is 2. The third kappa shape index (κ3) is 9.00. The second kappa shape index (κ2) is 16.5. The van der Waals surface area contributed by atoms with Crippen LogP contribution in [-0.4, -0.2) is 58.0 Å². The van der Waals surface area contributed by atoms with E-state index in [0.717, 1.165) is 53.1 Å². The van der Waals surface area contributed by atoms with E-state index in [0.29, 0.717) is 11.5 Å². The molecule has 5 rings (SSSR count). The number of nitrogens with zero attached hydrogens (tertiary/aromatic N) is 2. The van der Waals surface area contributed by atoms with Crippen LogP contribution in [0.1, 0.15) is 48.8 Å². The zero-order valence-electron chi connectivity index (χ0n) is 28.4. The van der Waals surface area contributed by atoms with Crippen LogP contribution in [0.15, 0.2) is 108 Å². The number of nitrogens with one attached hydrogen (secondary N) is 1. The van der Waals surface area contributed by atoms with Crippen LogP contribution in [0.2, 0.25) is 0 Å². The number of hydrogen-bond donors (Lipinski definition) is 1. The van der Waals surface area contributed by atoms with Gasteiger partial charge in [0, 0.05) is 19.0 Å². The molecule has 10 heteroatoms. The maximum absolute atomic E-state index is 14.8. The molecule has 4 aromatic carbocycles. The average Bonchev–Trinajstić information content (AvgIpc) is 3.13. The average molecular weight is 684 g/mol. The lowest BCUT2D eigenvalue weighted by molar-refractivity contribution is -0.140. The smallest absolute Gasteiger partial charge is 0.264 e. The Morgan fingerprint density at radius 2 is 1.49 bits per heavy atom. The summed E-state index contributed by atoms with van der Waals surface area (Å²) in [5.74, 6) is 0.0938. The largest absolute Gasteiger partial charge is 0.497 e. The van der Waals surface area contributed by atoms with Crippen molar-refractivity contribution in [3.63, 3.8) is 0 Å². The number of anilines is 1. The molecule has 1 aliphatic carbocycles. The molecular formula is C39H45N3O6S. The van der Waals surface area contributed by atoms with Crippen molar-refractivity contribution in [2.75, 3.05) is 25.1 Å². The minimum Gasteiger partial charge on any atom is -0.497 e. The van der Waals surface area contributed by atoms with Crippen LogP contribution in [0.4, 0.5) is 5.69 Å². The minimum atomic E-state index is -4.26. The topological polar surface area (TPSA) is 105 Å². The molecule has 0 spiro atoms. The van der Waals surface area contributed by atoms with Gasteiger partial charge >= 0.3 is 0 Å². The molecule has 4 aromatic rings.